The highest BCUT2D eigenvalue weighted by Crippen LogP contribution is 2.39. The number of phenols is 1. The molecule has 9 aromatic rings. The van der Waals surface area contributed by atoms with E-state index in [9.17, 15) is 96.3 Å². The predicted molar refractivity (Wildman–Crippen MR) is 448 cm³/mol. The van der Waals surface area contributed by atoms with Crippen LogP contribution < -0.4 is 9.47 Å². The monoisotopic (exact) mass is 1710 g/mol. The fourth-order valence-electron chi connectivity index (χ4n) is 14.5. The van der Waals surface area contributed by atoms with E-state index in [1.54, 1.807) is 108 Å². The number of imide groups is 8. The van der Waals surface area contributed by atoms with E-state index in [2.05, 4.69) is 26.7 Å². The molecule has 0 aromatic heterocycles. The van der Waals surface area contributed by atoms with Crippen LogP contribution in [0.2, 0.25) is 0 Å². The average Bonchev–Trinajstić information content (AvgIpc) is 1.60. The Labute approximate surface area is 719 Å². The molecule has 0 bridgehead atoms. The molecule has 33 heteroatoms. The Kier molecular flexibility index (Phi) is 28.1. The minimum atomic E-state index is -0.591. The molecule has 126 heavy (non-hydrogen) atoms. The first-order valence-corrected chi connectivity index (χ1v) is 39.5. The molecule has 0 atom stereocenters. The Bertz CT molecular complexity index is 6120. The summed E-state index contributed by atoms with van der Waals surface area (Å²) in [6.45, 7) is 25.3. The number of hydrogen-bond donors (Lipinski definition) is 1. The van der Waals surface area contributed by atoms with Gasteiger partial charge in [-0.2, -0.15) is 9.59 Å². The van der Waals surface area contributed by atoms with Crippen LogP contribution in [0.1, 0.15) is 259 Å². The number of nitro benzene ring substituents is 1. The van der Waals surface area contributed by atoms with Gasteiger partial charge in [0.1, 0.15) is 11.6 Å². The zero-order valence-electron chi connectivity index (χ0n) is 70.3. The average molecular weight is 1710 g/mol. The van der Waals surface area contributed by atoms with E-state index in [0.717, 1.165) is 48.7 Å². The van der Waals surface area contributed by atoms with Crippen molar-refractivity contribution in [3.63, 3.8) is 0 Å². The number of halogens is 1. The van der Waals surface area contributed by atoms with Crippen LogP contribution in [0.25, 0.3) is 10.8 Å². The Hall–Kier alpha value is -16.0. The third kappa shape index (κ3) is 17.6. The molecular weight excluding hydrogens is 1630 g/mol. The third-order valence-electron chi connectivity index (χ3n) is 21.0. The number of terminal acetylenes is 1. The van der Waals surface area contributed by atoms with E-state index in [0.29, 0.717) is 124 Å². The van der Waals surface area contributed by atoms with Crippen molar-refractivity contribution in [2.75, 3.05) is 59.2 Å². The third-order valence-corrected chi connectivity index (χ3v) is 21.0. The summed E-state index contributed by atoms with van der Waals surface area (Å²) >= 11 is 0. The second kappa shape index (κ2) is 38.4. The fourth-order valence-corrected chi connectivity index (χ4v) is 14.5. The maximum absolute atomic E-state index is 12.8. The molecule has 0 saturated heterocycles. The number of phenolic OH excluding ortho intramolecular Hbond substituents is 1. The first kappa shape index (κ1) is 92.3. The summed E-state index contributed by atoms with van der Waals surface area (Å²) < 4.78 is 23.2. The van der Waals surface area contributed by atoms with Crippen LogP contribution in [0.3, 0.4) is 0 Å². The van der Waals surface area contributed by atoms with Crippen molar-refractivity contribution in [3.05, 3.63) is 279 Å². The molecule has 32 nitrogen and oxygen atoms in total. The topological polar surface area (TPSA) is 415 Å². The zero-order valence-corrected chi connectivity index (χ0v) is 70.3. The Morgan fingerprint density at radius 1 is 0.381 bits per heavy atom. The summed E-state index contributed by atoms with van der Waals surface area (Å²) in [7, 11) is 0. The minimum Gasteiger partial charge on any atom is -0.507 e. The van der Waals surface area contributed by atoms with Crippen molar-refractivity contribution < 1.29 is 110 Å². The lowest BCUT2D eigenvalue weighted by molar-refractivity contribution is -0.384. The van der Waals surface area contributed by atoms with Crippen molar-refractivity contribution in [1.82, 2.24) is 39.2 Å². The number of benzene rings is 9. The number of aromatic hydroxyl groups is 1. The van der Waals surface area contributed by atoms with Gasteiger partial charge in [0, 0.05) is 70.1 Å². The van der Waals surface area contributed by atoms with Gasteiger partial charge in [-0.05, 0) is 181 Å². The SMILES string of the molecule is C#Cc1ccc2c(c1)C(=O)N(CC)C2=O.CCN1C(=O)c2cc3c(cc2C1=O)OCO3.CCN1C(=O)c2ccc(C(C)(C)C)cc2C1=O.CCN1C(=O)c2ccc(C)cc2C1=O.CCN1C(=O)c2ccc(F)cc2C1=O.CCN1C(=O)c2ccc([N+](=O)[O-])cc2C1=O.CCN1C(=O)c2ccc3ccccc3c2C1=O.CCN1C(=O)c2cccc(O)c2C1=O.O=C=O. The Balaban J connectivity index is 0.000000150. The van der Waals surface area contributed by atoms with Crippen LogP contribution in [0.15, 0.2) is 158 Å². The largest absolute Gasteiger partial charge is 0.507 e. The van der Waals surface area contributed by atoms with Gasteiger partial charge in [0.05, 0.1) is 93.9 Å². The number of carbonyl (C=O) groups is 16. The van der Waals surface area contributed by atoms with E-state index in [1.165, 1.54) is 54.8 Å². The Morgan fingerprint density at radius 2 is 0.714 bits per heavy atom. The molecule has 16 amide bonds. The lowest BCUT2D eigenvalue weighted by Crippen LogP contribution is -2.29. The molecule has 0 saturated carbocycles. The van der Waals surface area contributed by atoms with Gasteiger partial charge < -0.3 is 14.6 Å². The summed E-state index contributed by atoms with van der Waals surface area (Å²) in [6, 6.07) is 42.0. The zero-order chi connectivity index (χ0) is 92.5. The first-order valence-electron chi connectivity index (χ1n) is 39.5. The van der Waals surface area contributed by atoms with Gasteiger partial charge in [0.2, 0.25) is 6.79 Å². The van der Waals surface area contributed by atoms with Crippen LogP contribution in [0.5, 0.6) is 17.2 Å². The molecular formula is C93H82FN9O23. The summed E-state index contributed by atoms with van der Waals surface area (Å²) in [5.41, 5.74) is 8.59. The smallest absolute Gasteiger partial charge is 0.373 e. The molecule has 0 spiro atoms. The highest BCUT2D eigenvalue weighted by Gasteiger charge is 2.43. The molecule has 9 aromatic carbocycles. The van der Waals surface area contributed by atoms with Gasteiger partial charge in [-0.1, -0.05) is 80.8 Å². The van der Waals surface area contributed by atoms with Gasteiger partial charge in [0.15, 0.2) is 11.5 Å². The van der Waals surface area contributed by atoms with Gasteiger partial charge in [-0.15, -0.1) is 6.42 Å². The van der Waals surface area contributed by atoms with Crippen LogP contribution in [0.4, 0.5) is 10.1 Å². The molecule has 18 rings (SSSR count). The van der Waals surface area contributed by atoms with E-state index in [-0.39, 0.29) is 135 Å². The number of aryl methyl sites for hydroxylation is 1. The van der Waals surface area contributed by atoms with Crippen molar-refractivity contribution in [3.8, 4) is 29.6 Å². The highest BCUT2D eigenvalue weighted by atomic mass is 19.1. The number of nitro groups is 1. The maximum atomic E-state index is 12.8. The number of hydrogen-bond acceptors (Lipinski definition) is 23. The van der Waals surface area contributed by atoms with Crippen LogP contribution in [0, 0.1) is 35.2 Å². The number of amides is 16. The number of carbonyl (C=O) groups excluding carboxylic acids is 18. The van der Waals surface area contributed by atoms with Crippen molar-refractivity contribution in [1.29, 1.82) is 0 Å². The van der Waals surface area contributed by atoms with Gasteiger partial charge in [-0.25, -0.2) is 4.39 Å². The normalized spacial score (nSPS) is 14.7. The fraction of sp³-hybridized carbons (Fsp3) is 0.237. The van der Waals surface area contributed by atoms with E-state index in [4.69, 9.17) is 25.5 Å². The molecule has 0 radical (unpaired) electrons. The number of fused-ring (bicyclic) bond motifs is 11. The number of nitrogens with zero attached hydrogens (tertiary/aromatic N) is 9. The van der Waals surface area contributed by atoms with E-state index < -0.39 is 34.4 Å². The lowest BCUT2D eigenvalue weighted by atomic mass is 9.85. The summed E-state index contributed by atoms with van der Waals surface area (Å²) in [4.78, 5) is 224. The molecule has 9 heterocycles. The molecule has 0 unspecified atom stereocenters. The lowest BCUT2D eigenvalue weighted by Gasteiger charge is -2.19. The van der Waals surface area contributed by atoms with Crippen LogP contribution >= 0.6 is 0 Å². The highest BCUT2D eigenvalue weighted by molar-refractivity contribution is 6.28. The van der Waals surface area contributed by atoms with Crippen LogP contribution in [-0.4, -0.2) is 209 Å². The Morgan fingerprint density at radius 3 is 1.13 bits per heavy atom. The van der Waals surface area contributed by atoms with E-state index >= 15 is 0 Å². The molecule has 9 aliphatic heterocycles. The van der Waals surface area contributed by atoms with Gasteiger partial charge in [-0.3, -0.25) is 126 Å². The summed E-state index contributed by atoms with van der Waals surface area (Å²) in [5, 5.41) is 21.8. The predicted octanol–water partition coefficient (Wildman–Crippen LogP) is 12.1. The first-order chi connectivity index (χ1) is 59.9. The standard InChI is InChI=1S/C14H11NO2.C14H17NO2.C12H9NO2.C11H9NO4.C11H11NO2.C10H8FNO2.C10H8N2O4.C10H9NO3.CO2/c1-2-15-13(16)11-8-7-9-5-3-4-6-10(9)12(11)14(15)17;1-5-15-12(16)10-7-6-9(14(2,3)4)8-11(10)13(15)17;1-3-8-5-6-9-10(7-8)12(15)13(4-2)11(9)14;1-2-12-10(13)6-3-8-9(16-5-15-8)4-7(6)11(12)14;1-3-12-10(13)8-5-4-7(2)6-9(8)11(12)14;1-2-12-9(13)7-4-3-6(11)5-8(7)10(12)14;1-2-11-9(13)7-4-3-6(12(15)16)5-8(7)10(11)14;1-2-11-9(13)6-4-3-5-7(12)8(6)10(11)14;2-1-3/h3-8H,2H2,1H3;6-8H,5H2,1-4H3;1,5-7H,4H2,2H3;3-4H,2,5H2,1H3;4-6H,3H2,1-2H3;3-5H,2H2,1H3;3-5H,2H2,1H3;3-5,12H,2H2,1H3;. The molecule has 0 aliphatic carbocycles. The minimum absolute atomic E-state index is 0.0159. The summed E-state index contributed by atoms with van der Waals surface area (Å²) in [6.07, 6.45) is 5.48. The maximum Gasteiger partial charge on any atom is 0.373 e. The summed E-state index contributed by atoms with van der Waals surface area (Å²) in [5.74, 6) is -1.54. The quantitative estimate of drug-likeness (QED) is 0.0607. The number of rotatable bonds is 9. The van der Waals surface area contributed by atoms with Crippen molar-refractivity contribution in [2.24, 2.45) is 0 Å². The van der Waals surface area contributed by atoms with Gasteiger partial charge in [0.25, 0.3) is 100 Å². The molecule has 9 aliphatic rings. The number of ether oxygens (including phenoxy) is 2. The van der Waals surface area contributed by atoms with Crippen LogP contribution in [-0.2, 0) is 15.0 Å². The number of non-ortho nitro benzene ring substituents is 1. The van der Waals surface area contributed by atoms with Gasteiger partial charge >= 0.3 is 6.15 Å². The second-order valence-corrected chi connectivity index (χ2v) is 29.2. The molecule has 644 valence electrons. The van der Waals surface area contributed by atoms with Crippen molar-refractivity contribution >= 4 is 117 Å². The second-order valence-electron chi connectivity index (χ2n) is 29.2. The van der Waals surface area contributed by atoms with E-state index in [1.807, 2.05) is 69.3 Å². The van der Waals surface area contributed by atoms with Crippen molar-refractivity contribution in [2.45, 2.75) is 88.5 Å². The molecule has 0 fully saturated rings. The molecule has 1 N–H and O–H groups in total.